The summed E-state index contributed by atoms with van der Waals surface area (Å²) in [6.07, 6.45) is 0. The van der Waals surface area contributed by atoms with E-state index in [1.54, 1.807) is 0 Å². The lowest BCUT2D eigenvalue weighted by atomic mass is 10.3. The predicted molar refractivity (Wildman–Crippen MR) is 28.9 cm³/mol. The summed E-state index contributed by atoms with van der Waals surface area (Å²) in [5, 5.41) is 8.50. The lowest BCUT2D eigenvalue weighted by Gasteiger charge is -1.96. The van der Waals surface area contributed by atoms with Crippen LogP contribution < -0.4 is 0 Å². The zero-order valence-corrected chi connectivity index (χ0v) is 4.91. The second-order valence-electron chi connectivity index (χ2n) is 2.73. The third-order valence-electron chi connectivity index (χ3n) is 2.24. The number of aliphatic carboxylic acids is 1. The standard InChI is InChI=1S/C6H8O3/c7-6(8)5-3-1-9-2-4(3)5/h3-5H,1-2H2,(H,7,8)/t3-,4+,5?. The van der Waals surface area contributed by atoms with E-state index in [4.69, 9.17) is 9.84 Å². The Hall–Kier alpha value is -0.570. The van der Waals surface area contributed by atoms with Crippen molar-refractivity contribution in [1.29, 1.82) is 0 Å². The van der Waals surface area contributed by atoms with Crippen LogP contribution in [0.25, 0.3) is 0 Å². The first-order valence-electron chi connectivity index (χ1n) is 3.11. The van der Waals surface area contributed by atoms with E-state index in [0.29, 0.717) is 25.0 Å². The number of carbonyl (C=O) groups is 1. The van der Waals surface area contributed by atoms with E-state index >= 15 is 0 Å². The van der Waals surface area contributed by atoms with Crippen molar-refractivity contribution in [3.8, 4) is 0 Å². The highest BCUT2D eigenvalue weighted by atomic mass is 16.5. The van der Waals surface area contributed by atoms with Gasteiger partial charge < -0.3 is 9.84 Å². The number of fused-ring (bicyclic) bond motifs is 1. The molecule has 1 saturated carbocycles. The Bertz CT molecular complexity index is 144. The van der Waals surface area contributed by atoms with Crippen LogP contribution in [0.1, 0.15) is 0 Å². The van der Waals surface area contributed by atoms with Crippen LogP contribution in [0.3, 0.4) is 0 Å². The number of ether oxygens (including phenoxy) is 1. The molecular weight excluding hydrogens is 120 g/mol. The Morgan fingerprint density at radius 2 is 2.00 bits per heavy atom. The van der Waals surface area contributed by atoms with Gasteiger partial charge in [-0.1, -0.05) is 0 Å². The highest BCUT2D eigenvalue weighted by molar-refractivity contribution is 5.74. The van der Waals surface area contributed by atoms with E-state index in [1.807, 2.05) is 0 Å². The zero-order chi connectivity index (χ0) is 6.43. The minimum atomic E-state index is -0.645. The summed E-state index contributed by atoms with van der Waals surface area (Å²) >= 11 is 0. The molecule has 1 saturated heterocycles. The molecule has 0 bridgehead atoms. The molecule has 2 rings (SSSR count). The quantitative estimate of drug-likeness (QED) is 0.539. The van der Waals surface area contributed by atoms with Crippen LogP contribution in [0.4, 0.5) is 0 Å². The van der Waals surface area contributed by atoms with Gasteiger partial charge in [-0.2, -0.15) is 0 Å². The Labute approximate surface area is 52.6 Å². The summed E-state index contributed by atoms with van der Waals surface area (Å²) < 4.78 is 5.02. The molecule has 0 spiro atoms. The van der Waals surface area contributed by atoms with Crippen molar-refractivity contribution in [2.45, 2.75) is 0 Å². The van der Waals surface area contributed by atoms with Gasteiger partial charge in [-0.05, 0) is 0 Å². The fraction of sp³-hybridized carbons (Fsp3) is 0.833. The molecule has 3 heteroatoms. The number of hydrogen-bond acceptors (Lipinski definition) is 2. The molecule has 2 fully saturated rings. The average molecular weight is 128 g/mol. The Balaban J connectivity index is 2.02. The van der Waals surface area contributed by atoms with Crippen LogP contribution in [0.2, 0.25) is 0 Å². The van der Waals surface area contributed by atoms with Crippen molar-refractivity contribution in [2.75, 3.05) is 13.2 Å². The van der Waals surface area contributed by atoms with Crippen molar-refractivity contribution < 1.29 is 14.6 Å². The fourth-order valence-electron chi connectivity index (χ4n) is 1.61. The van der Waals surface area contributed by atoms with Gasteiger partial charge in [0.25, 0.3) is 0 Å². The third-order valence-corrected chi connectivity index (χ3v) is 2.24. The van der Waals surface area contributed by atoms with Crippen molar-refractivity contribution >= 4 is 5.97 Å². The SMILES string of the molecule is O=C(O)C1[C@H]2COC[C@@H]12. The van der Waals surface area contributed by atoms with E-state index in [1.165, 1.54) is 0 Å². The van der Waals surface area contributed by atoms with Gasteiger partial charge in [-0.3, -0.25) is 4.79 Å². The van der Waals surface area contributed by atoms with E-state index in [0.717, 1.165) is 0 Å². The molecule has 2 aliphatic rings. The fourth-order valence-corrected chi connectivity index (χ4v) is 1.61. The van der Waals surface area contributed by atoms with Gasteiger partial charge in [0.05, 0.1) is 19.1 Å². The van der Waals surface area contributed by atoms with Crippen molar-refractivity contribution in [1.82, 2.24) is 0 Å². The van der Waals surface area contributed by atoms with Crippen LogP contribution in [-0.4, -0.2) is 24.3 Å². The van der Waals surface area contributed by atoms with Gasteiger partial charge in [0, 0.05) is 11.8 Å². The summed E-state index contributed by atoms with van der Waals surface area (Å²) in [5.41, 5.74) is 0. The van der Waals surface area contributed by atoms with Gasteiger partial charge in [0.2, 0.25) is 0 Å². The molecule has 3 nitrogen and oxygen atoms in total. The predicted octanol–water partition coefficient (Wildman–Crippen LogP) is -0.0366. The highest BCUT2D eigenvalue weighted by Gasteiger charge is 2.58. The summed E-state index contributed by atoms with van der Waals surface area (Å²) in [5.74, 6) is -0.0166. The van der Waals surface area contributed by atoms with E-state index in [9.17, 15) is 4.79 Å². The van der Waals surface area contributed by atoms with E-state index in [2.05, 4.69) is 0 Å². The van der Waals surface area contributed by atoms with Crippen LogP contribution in [0, 0.1) is 17.8 Å². The molecule has 50 valence electrons. The molecule has 1 aliphatic heterocycles. The second-order valence-corrected chi connectivity index (χ2v) is 2.73. The molecule has 1 aliphatic carbocycles. The normalized spacial score (nSPS) is 46.4. The van der Waals surface area contributed by atoms with Gasteiger partial charge in [-0.15, -0.1) is 0 Å². The average Bonchev–Trinajstić information content (AvgIpc) is 2.30. The zero-order valence-electron chi connectivity index (χ0n) is 4.91. The smallest absolute Gasteiger partial charge is 0.307 e. The van der Waals surface area contributed by atoms with Gasteiger partial charge in [0.15, 0.2) is 0 Å². The number of carboxylic acid groups (broad SMARTS) is 1. The lowest BCUT2D eigenvalue weighted by molar-refractivity contribution is -0.140. The molecule has 1 heterocycles. The maximum atomic E-state index is 10.3. The van der Waals surface area contributed by atoms with Gasteiger partial charge in [0.1, 0.15) is 0 Å². The molecule has 1 unspecified atom stereocenters. The van der Waals surface area contributed by atoms with Crippen LogP contribution >= 0.6 is 0 Å². The second kappa shape index (κ2) is 1.48. The number of hydrogen-bond donors (Lipinski definition) is 1. The highest BCUT2D eigenvalue weighted by Crippen LogP contribution is 2.50. The molecule has 9 heavy (non-hydrogen) atoms. The summed E-state index contributed by atoms with van der Waals surface area (Å²) in [6, 6.07) is 0. The van der Waals surface area contributed by atoms with E-state index in [-0.39, 0.29) is 5.92 Å². The first-order chi connectivity index (χ1) is 4.30. The number of carboxylic acids is 1. The first-order valence-corrected chi connectivity index (χ1v) is 3.11. The molecule has 0 aromatic heterocycles. The largest absolute Gasteiger partial charge is 0.481 e. The Morgan fingerprint density at radius 3 is 2.33 bits per heavy atom. The third kappa shape index (κ3) is 0.580. The van der Waals surface area contributed by atoms with Crippen molar-refractivity contribution in [2.24, 2.45) is 17.8 Å². The molecule has 1 N–H and O–H groups in total. The Kier molecular flexibility index (Phi) is 0.858. The molecule has 0 radical (unpaired) electrons. The Morgan fingerprint density at radius 1 is 1.44 bits per heavy atom. The molecule has 3 atom stereocenters. The maximum Gasteiger partial charge on any atom is 0.307 e. The topological polar surface area (TPSA) is 46.5 Å². The minimum absolute atomic E-state index is 0.0706. The van der Waals surface area contributed by atoms with Gasteiger partial charge >= 0.3 is 5.97 Å². The van der Waals surface area contributed by atoms with Crippen LogP contribution in [0.15, 0.2) is 0 Å². The maximum absolute atomic E-state index is 10.3. The van der Waals surface area contributed by atoms with Crippen LogP contribution in [0.5, 0.6) is 0 Å². The molecule has 0 aromatic carbocycles. The van der Waals surface area contributed by atoms with Crippen LogP contribution in [-0.2, 0) is 9.53 Å². The summed E-state index contributed by atoms with van der Waals surface area (Å²) in [6.45, 7) is 1.34. The summed E-state index contributed by atoms with van der Waals surface area (Å²) in [4.78, 5) is 10.3. The number of rotatable bonds is 1. The van der Waals surface area contributed by atoms with Gasteiger partial charge in [-0.25, -0.2) is 0 Å². The minimum Gasteiger partial charge on any atom is -0.481 e. The summed E-state index contributed by atoms with van der Waals surface area (Å²) in [7, 11) is 0. The lowest BCUT2D eigenvalue weighted by Crippen LogP contribution is -2.07. The molecular formula is C6H8O3. The van der Waals surface area contributed by atoms with E-state index < -0.39 is 5.97 Å². The first kappa shape index (κ1) is 5.23. The molecule has 0 amide bonds. The molecule has 0 aromatic rings. The van der Waals surface area contributed by atoms with Crippen molar-refractivity contribution in [3.63, 3.8) is 0 Å². The monoisotopic (exact) mass is 128 g/mol. The van der Waals surface area contributed by atoms with Crippen molar-refractivity contribution in [3.05, 3.63) is 0 Å².